The standard InChI is InChI=1S/C23H34N3O9PS2/c1-22(2,3)19(28)37-11-9-32-36(31,33-10-12-38-20(29)23(4,5)6)34-14-15-13-16(27)18(35-15)26-8-7-17(24)25-21(26)30/h7-12,15-16,18,27H,13-14H2,1-6H3,(H2,24,25,30)/t15-,16+,18+,36?/m0/s1. The number of aromatic nitrogens is 2. The molecule has 38 heavy (non-hydrogen) atoms. The monoisotopic (exact) mass is 591 g/mol. The van der Waals surface area contributed by atoms with Gasteiger partial charge < -0.3 is 24.6 Å². The van der Waals surface area contributed by atoms with Gasteiger partial charge in [-0.1, -0.05) is 65.1 Å². The van der Waals surface area contributed by atoms with Crippen molar-refractivity contribution in [3.8, 4) is 0 Å². The first-order valence-electron chi connectivity index (χ1n) is 11.5. The Morgan fingerprint density at radius 1 is 1.16 bits per heavy atom. The number of rotatable bonds is 10. The van der Waals surface area contributed by atoms with Gasteiger partial charge >= 0.3 is 13.5 Å². The lowest BCUT2D eigenvalue weighted by Crippen LogP contribution is -2.31. The highest BCUT2D eigenvalue weighted by molar-refractivity contribution is 8.16. The van der Waals surface area contributed by atoms with Crippen LogP contribution in [0.25, 0.3) is 0 Å². The van der Waals surface area contributed by atoms with Crippen molar-refractivity contribution in [2.24, 2.45) is 10.8 Å². The zero-order valence-electron chi connectivity index (χ0n) is 22.1. The quantitative estimate of drug-likeness (QED) is 0.294. The lowest BCUT2D eigenvalue weighted by molar-refractivity contribution is -0.118. The van der Waals surface area contributed by atoms with Gasteiger partial charge in [0.25, 0.3) is 0 Å². The van der Waals surface area contributed by atoms with Gasteiger partial charge in [0.2, 0.25) is 0 Å². The van der Waals surface area contributed by atoms with E-state index in [0.29, 0.717) is 0 Å². The number of phosphoric acid groups is 1. The molecule has 3 N–H and O–H groups in total. The van der Waals surface area contributed by atoms with E-state index in [9.17, 15) is 24.1 Å². The zero-order chi connectivity index (χ0) is 28.7. The predicted molar refractivity (Wildman–Crippen MR) is 146 cm³/mol. The van der Waals surface area contributed by atoms with Gasteiger partial charge in [0.15, 0.2) is 16.5 Å². The maximum atomic E-state index is 13.2. The van der Waals surface area contributed by atoms with E-state index < -0.39 is 42.8 Å². The summed E-state index contributed by atoms with van der Waals surface area (Å²) in [6.45, 7) is 10.2. The highest BCUT2D eigenvalue weighted by atomic mass is 32.2. The SMILES string of the molecule is CC(C)(C)C(=O)SC=COP(=O)(OC=CSC(=O)C(C)(C)C)OC[C@@H]1C[C@@H](O)[C@H](n2ccc(N)nc2=O)O1. The first-order chi connectivity index (χ1) is 17.5. The number of carbonyl (C=O) groups is 2. The largest absolute Gasteiger partial charge is 0.586 e. The van der Waals surface area contributed by atoms with Crippen LogP contribution in [0.5, 0.6) is 0 Å². The minimum absolute atomic E-state index is 0.0275. The summed E-state index contributed by atoms with van der Waals surface area (Å²) in [5.41, 5.74) is 3.61. The molecule has 1 saturated heterocycles. The van der Waals surface area contributed by atoms with E-state index >= 15 is 0 Å². The maximum absolute atomic E-state index is 13.2. The van der Waals surface area contributed by atoms with Crippen LogP contribution in [0.2, 0.25) is 0 Å². The molecule has 0 bridgehead atoms. The summed E-state index contributed by atoms with van der Waals surface area (Å²) in [6.07, 6.45) is 0.534. The van der Waals surface area contributed by atoms with Gasteiger partial charge in [-0.05, 0) is 6.07 Å². The van der Waals surface area contributed by atoms with Crippen molar-refractivity contribution in [2.45, 2.75) is 66.4 Å². The molecule has 1 aliphatic heterocycles. The Morgan fingerprint density at radius 3 is 2.16 bits per heavy atom. The Bertz CT molecular complexity index is 1110. The molecule has 12 nitrogen and oxygen atoms in total. The van der Waals surface area contributed by atoms with Gasteiger partial charge in [-0.3, -0.25) is 18.7 Å². The highest BCUT2D eigenvalue weighted by Gasteiger charge is 2.38. The van der Waals surface area contributed by atoms with Crippen LogP contribution in [0.1, 0.15) is 54.2 Å². The third-order valence-electron chi connectivity index (χ3n) is 4.78. The fourth-order valence-corrected chi connectivity index (χ4v) is 4.98. The number of nitrogens with two attached hydrogens (primary N) is 1. The zero-order valence-corrected chi connectivity index (χ0v) is 24.6. The van der Waals surface area contributed by atoms with Crippen molar-refractivity contribution in [2.75, 3.05) is 12.3 Å². The molecule has 0 amide bonds. The second kappa shape index (κ2) is 13.3. The summed E-state index contributed by atoms with van der Waals surface area (Å²) in [6, 6.07) is 1.39. The lowest BCUT2D eigenvalue weighted by atomic mass is 9.99. The molecule has 0 aromatic carbocycles. The first kappa shape index (κ1) is 32.1. The predicted octanol–water partition coefficient (Wildman–Crippen LogP) is 4.19. The summed E-state index contributed by atoms with van der Waals surface area (Å²) in [5.74, 6) is 0.0275. The number of nitrogen functional groups attached to an aromatic ring is 1. The fraction of sp³-hybridized carbons (Fsp3) is 0.565. The Balaban J connectivity index is 2.06. The Kier molecular flexibility index (Phi) is 11.3. The molecule has 2 rings (SSSR count). The smallest absolute Gasteiger partial charge is 0.402 e. The van der Waals surface area contributed by atoms with Crippen LogP contribution >= 0.6 is 31.3 Å². The third kappa shape index (κ3) is 9.90. The number of aliphatic hydroxyl groups is 1. The van der Waals surface area contributed by atoms with Gasteiger partial charge in [-0.15, -0.1) is 0 Å². The summed E-state index contributed by atoms with van der Waals surface area (Å²) in [4.78, 5) is 39.9. The Labute approximate surface area is 229 Å². The van der Waals surface area contributed by atoms with Gasteiger partial charge in [0, 0.05) is 34.3 Å². The molecule has 0 radical (unpaired) electrons. The highest BCUT2D eigenvalue weighted by Crippen LogP contribution is 2.51. The van der Waals surface area contributed by atoms with Crippen molar-refractivity contribution < 1.29 is 37.6 Å². The van der Waals surface area contributed by atoms with E-state index in [4.69, 9.17) is 24.0 Å². The number of aliphatic hydroxyl groups excluding tert-OH is 1. The second-order valence-corrected chi connectivity index (χ2v) is 13.6. The van der Waals surface area contributed by atoms with Gasteiger partial charge in [0.05, 0.1) is 12.7 Å². The van der Waals surface area contributed by atoms with E-state index in [1.54, 1.807) is 41.5 Å². The summed E-state index contributed by atoms with van der Waals surface area (Å²) in [5, 5.41) is 12.7. The average Bonchev–Trinajstić information content (AvgIpc) is 3.17. The maximum Gasteiger partial charge on any atom is 0.586 e. The molecule has 1 aromatic heterocycles. The molecule has 15 heteroatoms. The summed E-state index contributed by atoms with van der Waals surface area (Å²) in [7, 11) is -4.28. The minimum Gasteiger partial charge on any atom is -0.402 e. The molecule has 0 saturated carbocycles. The average molecular weight is 592 g/mol. The Morgan fingerprint density at radius 2 is 1.68 bits per heavy atom. The molecular formula is C23H34N3O9PS2. The number of thioether (sulfide) groups is 2. The normalized spacial score (nSPS) is 22.0. The van der Waals surface area contributed by atoms with Crippen LogP contribution in [0.3, 0.4) is 0 Å². The first-order valence-corrected chi connectivity index (χ1v) is 14.8. The van der Waals surface area contributed by atoms with Crippen molar-refractivity contribution in [3.63, 3.8) is 0 Å². The molecule has 0 aliphatic carbocycles. The molecule has 0 unspecified atom stereocenters. The lowest BCUT2D eigenvalue weighted by Gasteiger charge is -2.19. The van der Waals surface area contributed by atoms with Crippen LogP contribution in [-0.2, 0) is 32.5 Å². The minimum atomic E-state index is -4.28. The van der Waals surface area contributed by atoms with Crippen molar-refractivity contribution in [3.05, 3.63) is 46.1 Å². The third-order valence-corrected chi connectivity index (χ3v) is 8.15. The summed E-state index contributed by atoms with van der Waals surface area (Å²) < 4.78 is 35.8. The van der Waals surface area contributed by atoms with E-state index in [1.165, 1.54) is 23.1 Å². The Hall–Kier alpha value is -2.09. The number of ether oxygens (including phenoxy) is 1. The van der Waals surface area contributed by atoms with Gasteiger partial charge in [0.1, 0.15) is 24.4 Å². The molecule has 212 valence electrons. The van der Waals surface area contributed by atoms with Crippen LogP contribution in [0.4, 0.5) is 5.82 Å². The van der Waals surface area contributed by atoms with E-state index in [-0.39, 0.29) is 29.1 Å². The molecule has 3 atom stereocenters. The van der Waals surface area contributed by atoms with E-state index in [2.05, 4.69) is 4.98 Å². The number of hydrogen-bond acceptors (Lipinski definition) is 13. The number of phosphoric ester groups is 1. The topological polar surface area (TPSA) is 169 Å². The van der Waals surface area contributed by atoms with Crippen molar-refractivity contribution in [1.29, 1.82) is 0 Å². The van der Waals surface area contributed by atoms with Crippen molar-refractivity contribution in [1.82, 2.24) is 9.55 Å². The number of nitrogens with zero attached hydrogens (tertiary/aromatic N) is 2. The number of carbonyl (C=O) groups excluding carboxylic acids is 2. The molecule has 1 fully saturated rings. The van der Waals surface area contributed by atoms with E-state index in [1.807, 2.05) is 0 Å². The molecule has 0 spiro atoms. The number of hydrogen-bond donors (Lipinski definition) is 2. The number of anilines is 1. The molecule has 1 aromatic rings. The van der Waals surface area contributed by atoms with Gasteiger partial charge in [-0.2, -0.15) is 4.98 Å². The van der Waals surface area contributed by atoms with E-state index in [0.717, 1.165) is 40.6 Å². The van der Waals surface area contributed by atoms with Crippen LogP contribution in [0, 0.1) is 10.8 Å². The second-order valence-electron chi connectivity index (χ2n) is 10.3. The molecule has 1 aliphatic rings. The summed E-state index contributed by atoms with van der Waals surface area (Å²) >= 11 is 1.71. The van der Waals surface area contributed by atoms with Crippen LogP contribution < -0.4 is 11.4 Å². The van der Waals surface area contributed by atoms with Gasteiger partial charge in [-0.25, -0.2) is 9.36 Å². The van der Waals surface area contributed by atoms with Crippen LogP contribution in [-0.4, -0.2) is 43.7 Å². The van der Waals surface area contributed by atoms with Crippen LogP contribution in [0.15, 0.2) is 40.4 Å². The fourth-order valence-electron chi connectivity index (χ4n) is 2.70. The molecular weight excluding hydrogens is 557 g/mol. The van der Waals surface area contributed by atoms with Crippen molar-refractivity contribution >= 4 is 47.4 Å². The molecule has 2 heterocycles.